The third-order valence-corrected chi connectivity index (χ3v) is 5.48. The summed E-state index contributed by atoms with van der Waals surface area (Å²) in [4.78, 5) is 16.8. The molecule has 0 fully saturated rings. The summed E-state index contributed by atoms with van der Waals surface area (Å²) < 4.78 is 0. The van der Waals surface area contributed by atoms with E-state index in [2.05, 4.69) is 63.0 Å². The van der Waals surface area contributed by atoms with Crippen LogP contribution in [0.4, 0.5) is 0 Å². The Hall–Kier alpha value is -2.35. The predicted molar refractivity (Wildman–Crippen MR) is 100.0 cm³/mol. The van der Waals surface area contributed by atoms with Crippen molar-refractivity contribution in [2.24, 2.45) is 0 Å². The van der Waals surface area contributed by atoms with Crippen LogP contribution in [0, 0.1) is 6.92 Å². The quantitative estimate of drug-likeness (QED) is 0.633. The third kappa shape index (κ3) is 2.13. The van der Waals surface area contributed by atoms with E-state index in [4.69, 9.17) is 0 Å². The highest BCUT2D eigenvalue weighted by atomic mass is 16.1. The van der Waals surface area contributed by atoms with Crippen LogP contribution in [-0.4, -0.2) is 4.98 Å². The second-order valence-corrected chi connectivity index (χ2v) is 7.76. The highest BCUT2D eigenvalue weighted by Crippen LogP contribution is 2.40. The highest BCUT2D eigenvalue weighted by molar-refractivity contribution is 5.80. The smallest absolute Gasteiger partial charge is 0.193 e. The molecule has 0 radical (unpaired) electrons. The van der Waals surface area contributed by atoms with Crippen LogP contribution in [0.1, 0.15) is 54.6 Å². The number of aryl methyl sites for hydroxylation is 1. The Bertz CT molecular complexity index is 1010. The standard InChI is InChI=1S/C22H23NO/c1-13-9-10-16-18(11-13)23-19-12-22(3,4)17-8-6-5-7-15(17)14(2)20(19)21(16)24/h5-11,14H,12H2,1-4H3,(H,23,24). The number of hydrogen-bond donors (Lipinski definition) is 1. The SMILES string of the molecule is Cc1ccc2c(=O)c3c([nH]c2c1)CC(C)(C)c1ccccc1C3C. The summed E-state index contributed by atoms with van der Waals surface area (Å²) in [5.74, 6) is 0.104. The van der Waals surface area contributed by atoms with E-state index in [-0.39, 0.29) is 16.8 Å². The fourth-order valence-corrected chi connectivity index (χ4v) is 4.25. The molecule has 1 N–H and O–H groups in total. The van der Waals surface area contributed by atoms with Gasteiger partial charge in [0.15, 0.2) is 5.43 Å². The summed E-state index contributed by atoms with van der Waals surface area (Å²) in [7, 11) is 0. The van der Waals surface area contributed by atoms with Crippen LogP contribution in [0.25, 0.3) is 10.9 Å². The van der Waals surface area contributed by atoms with Crippen molar-refractivity contribution in [1.82, 2.24) is 4.98 Å². The molecule has 2 heteroatoms. The number of aromatic nitrogens is 1. The van der Waals surface area contributed by atoms with Gasteiger partial charge in [0.05, 0.1) is 0 Å². The van der Waals surface area contributed by atoms with Crippen LogP contribution in [0.15, 0.2) is 47.3 Å². The Balaban J connectivity index is 2.09. The molecule has 2 nitrogen and oxygen atoms in total. The first-order valence-corrected chi connectivity index (χ1v) is 8.63. The van der Waals surface area contributed by atoms with Gasteiger partial charge in [0.2, 0.25) is 0 Å². The Labute approximate surface area is 142 Å². The van der Waals surface area contributed by atoms with E-state index in [0.29, 0.717) is 0 Å². The van der Waals surface area contributed by atoms with E-state index >= 15 is 0 Å². The lowest BCUT2D eigenvalue weighted by Gasteiger charge is -2.26. The normalized spacial score (nSPS) is 18.8. The van der Waals surface area contributed by atoms with Crippen molar-refractivity contribution in [1.29, 1.82) is 0 Å². The van der Waals surface area contributed by atoms with Crippen LogP contribution in [-0.2, 0) is 11.8 Å². The van der Waals surface area contributed by atoms with Gasteiger partial charge in [0.1, 0.15) is 0 Å². The average molecular weight is 317 g/mol. The maximum atomic E-state index is 13.2. The lowest BCUT2D eigenvalue weighted by Crippen LogP contribution is -2.22. The summed E-state index contributed by atoms with van der Waals surface area (Å²) in [6, 6.07) is 14.6. The first-order chi connectivity index (χ1) is 11.4. The van der Waals surface area contributed by atoms with E-state index < -0.39 is 0 Å². The van der Waals surface area contributed by atoms with Gasteiger partial charge in [-0.3, -0.25) is 4.79 Å². The summed E-state index contributed by atoms with van der Waals surface area (Å²) in [6.07, 6.45) is 0.850. The molecule has 0 bridgehead atoms. The number of H-pyrrole nitrogens is 1. The molecule has 0 aliphatic heterocycles. The maximum Gasteiger partial charge on any atom is 0.193 e. The largest absolute Gasteiger partial charge is 0.358 e. The van der Waals surface area contributed by atoms with E-state index in [0.717, 1.165) is 28.6 Å². The van der Waals surface area contributed by atoms with Crippen LogP contribution < -0.4 is 5.43 Å². The van der Waals surface area contributed by atoms with Gasteiger partial charge in [-0.2, -0.15) is 0 Å². The van der Waals surface area contributed by atoms with Gasteiger partial charge >= 0.3 is 0 Å². The number of pyridine rings is 1. The average Bonchev–Trinajstić information content (AvgIpc) is 2.61. The van der Waals surface area contributed by atoms with Crippen molar-refractivity contribution in [2.75, 3.05) is 0 Å². The molecule has 24 heavy (non-hydrogen) atoms. The molecule has 1 unspecified atom stereocenters. The second-order valence-electron chi connectivity index (χ2n) is 7.76. The molecule has 122 valence electrons. The minimum atomic E-state index is -0.00343. The molecule has 1 aromatic heterocycles. The number of benzene rings is 2. The third-order valence-electron chi connectivity index (χ3n) is 5.48. The van der Waals surface area contributed by atoms with Crippen molar-refractivity contribution in [3.8, 4) is 0 Å². The fourth-order valence-electron chi connectivity index (χ4n) is 4.25. The molecule has 1 atom stereocenters. The van der Waals surface area contributed by atoms with Gasteiger partial charge in [-0.25, -0.2) is 0 Å². The Morgan fingerprint density at radius 1 is 1.12 bits per heavy atom. The van der Waals surface area contributed by atoms with E-state index in [1.54, 1.807) is 0 Å². The van der Waals surface area contributed by atoms with Crippen molar-refractivity contribution in [2.45, 2.75) is 45.4 Å². The fraction of sp³-hybridized carbons (Fsp3) is 0.318. The molecule has 0 saturated carbocycles. The van der Waals surface area contributed by atoms with Crippen LogP contribution in [0.2, 0.25) is 0 Å². The van der Waals surface area contributed by atoms with Crippen molar-refractivity contribution in [3.63, 3.8) is 0 Å². The van der Waals surface area contributed by atoms with Gasteiger partial charge in [-0.05, 0) is 47.6 Å². The summed E-state index contributed by atoms with van der Waals surface area (Å²) in [5, 5.41) is 0.795. The maximum absolute atomic E-state index is 13.2. The predicted octanol–water partition coefficient (Wildman–Crippen LogP) is 4.82. The zero-order valence-corrected chi connectivity index (χ0v) is 14.7. The number of hydrogen-bond acceptors (Lipinski definition) is 1. The molecule has 1 aliphatic rings. The molecule has 0 spiro atoms. The van der Waals surface area contributed by atoms with Gasteiger partial charge < -0.3 is 4.98 Å². The number of aromatic amines is 1. The first kappa shape index (κ1) is 15.2. The van der Waals surface area contributed by atoms with Crippen molar-refractivity contribution >= 4 is 10.9 Å². The first-order valence-electron chi connectivity index (χ1n) is 8.63. The minimum Gasteiger partial charge on any atom is -0.358 e. The number of nitrogens with one attached hydrogen (secondary N) is 1. The summed E-state index contributed by atoms with van der Waals surface area (Å²) in [5.41, 5.74) is 6.95. The zero-order valence-electron chi connectivity index (χ0n) is 14.7. The van der Waals surface area contributed by atoms with E-state index in [9.17, 15) is 4.79 Å². The van der Waals surface area contributed by atoms with Gasteiger partial charge in [-0.15, -0.1) is 0 Å². The molecule has 1 heterocycles. The van der Waals surface area contributed by atoms with Crippen LogP contribution in [0.3, 0.4) is 0 Å². The minimum absolute atomic E-state index is 0.00343. The van der Waals surface area contributed by atoms with Crippen molar-refractivity contribution in [3.05, 3.63) is 80.6 Å². The Morgan fingerprint density at radius 3 is 2.67 bits per heavy atom. The number of fused-ring (bicyclic) bond motifs is 3. The van der Waals surface area contributed by atoms with E-state index in [1.165, 1.54) is 16.7 Å². The Morgan fingerprint density at radius 2 is 1.88 bits per heavy atom. The molecule has 0 amide bonds. The van der Waals surface area contributed by atoms with Gasteiger partial charge in [0, 0.05) is 28.1 Å². The molecule has 3 aromatic rings. The lowest BCUT2D eigenvalue weighted by atomic mass is 9.79. The molecule has 1 aliphatic carbocycles. The molecule has 0 saturated heterocycles. The molecule has 2 aromatic carbocycles. The summed E-state index contributed by atoms with van der Waals surface area (Å²) in [6.45, 7) is 8.76. The number of rotatable bonds is 0. The van der Waals surface area contributed by atoms with Gasteiger partial charge in [-0.1, -0.05) is 51.1 Å². The van der Waals surface area contributed by atoms with Crippen molar-refractivity contribution < 1.29 is 0 Å². The Kier molecular flexibility index (Phi) is 3.21. The second kappa shape index (κ2) is 5.07. The van der Waals surface area contributed by atoms with Gasteiger partial charge in [0.25, 0.3) is 0 Å². The topological polar surface area (TPSA) is 32.9 Å². The van der Waals surface area contributed by atoms with Crippen LogP contribution >= 0.6 is 0 Å². The molecular formula is C22H23NO. The summed E-state index contributed by atoms with van der Waals surface area (Å²) >= 11 is 0. The monoisotopic (exact) mass is 317 g/mol. The molecule has 4 rings (SSSR count). The highest BCUT2D eigenvalue weighted by Gasteiger charge is 2.33. The molecular weight excluding hydrogens is 294 g/mol. The van der Waals surface area contributed by atoms with Crippen LogP contribution in [0.5, 0.6) is 0 Å². The zero-order chi connectivity index (χ0) is 17.1. The van der Waals surface area contributed by atoms with E-state index in [1.807, 2.05) is 12.1 Å². The lowest BCUT2D eigenvalue weighted by molar-refractivity contribution is 0.517.